The lowest BCUT2D eigenvalue weighted by Gasteiger charge is -2.42. The zero-order valence-corrected chi connectivity index (χ0v) is 19.0. The van der Waals surface area contributed by atoms with Gasteiger partial charge in [-0.3, -0.25) is 9.69 Å². The number of halogens is 1. The van der Waals surface area contributed by atoms with Crippen molar-refractivity contribution in [2.75, 3.05) is 52.5 Å². The summed E-state index contributed by atoms with van der Waals surface area (Å²) in [6.45, 7) is 7.06. The van der Waals surface area contributed by atoms with E-state index < -0.39 is 16.9 Å². The molecular formula is C21H32FN3O5S. The van der Waals surface area contributed by atoms with Crippen molar-refractivity contribution in [3.05, 3.63) is 35.6 Å². The molecule has 1 atom stereocenters. The number of amides is 1. The van der Waals surface area contributed by atoms with Crippen molar-refractivity contribution in [1.29, 1.82) is 0 Å². The molecular weight excluding hydrogens is 425 g/mol. The van der Waals surface area contributed by atoms with Gasteiger partial charge in [-0.2, -0.15) is 12.7 Å². The lowest BCUT2D eigenvalue weighted by molar-refractivity contribution is -0.136. The van der Waals surface area contributed by atoms with Crippen molar-refractivity contribution in [1.82, 2.24) is 14.1 Å². The van der Waals surface area contributed by atoms with Crippen LogP contribution < -0.4 is 0 Å². The summed E-state index contributed by atoms with van der Waals surface area (Å²) in [5.41, 5.74) is 0.897. The minimum absolute atomic E-state index is 0.108. The van der Waals surface area contributed by atoms with Crippen molar-refractivity contribution in [3.8, 4) is 0 Å². The molecule has 1 amide bonds. The number of hydrogen-bond acceptors (Lipinski definition) is 6. The first-order valence-corrected chi connectivity index (χ1v) is 12.1. The second-order valence-corrected chi connectivity index (χ2v) is 10.1. The van der Waals surface area contributed by atoms with E-state index in [1.165, 1.54) is 16.4 Å². The molecule has 0 aromatic heterocycles. The van der Waals surface area contributed by atoms with Crippen LogP contribution in [0.25, 0.3) is 0 Å². The van der Waals surface area contributed by atoms with E-state index in [0.29, 0.717) is 45.3 Å². The third-order valence-electron chi connectivity index (χ3n) is 5.59. The van der Waals surface area contributed by atoms with Gasteiger partial charge in [0.25, 0.3) is 0 Å². The Hall–Kier alpha value is -1.59. The summed E-state index contributed by atoms with van der Waals surface area (Å²) >= 11 is 0. The van der Waals surface area contributed by atoms with Crippen LogP contribution in [0.1, 0.15) is 25.8 Å². The number of morpholine rings is 1. The Morgan fingerprint density at radius 2 is 1.97 bits per heavy atom. The average molecular weight is 458 g/mol. The molecule has 10 heteroatoms. The van der Waals surface area contributed by atoms with Gasteiger partial charge in [0.05, 0.1) is 13.2 Å². The summed E-state index contributed by atoms with van der Waals surface area (Å²) < 4.78 is 49.6. The van der Waals surface area contributed by atoms with Crippen LogP contribution in [0, 0.1) is 11.7 Å². The number of nitrogens with zero attached hydrogens (tertiary/aromatic N) is 3. The van der Waals surface area contributed by atoms with Gasteiger partial charge >= 0.3 is 10.3 Å². The Labute approximate surface area is 184 Å². The summed E-state index contributed by atoms with van der Waals surface area (Å²) in [4.78, 5) is 16.6. The fourth-order valence-corrected chi connectivity index (χ4v) is 5.02. The summed E-state index contributed by atoms with van der Waals surface area (Å²) in [7, 11) is -3.95. The molecule has 3 rings (SSSR count). The van der Waals surface area contributed by atoms with E-state index in [0.717, 1.165) is 12.0 Å². The van der Waals surface area contributed by atoms with Crippen molar-refractivity contribution < 1.29 is 26.5 Å². The molecule has 0 bridgehead atoms. The maximum atomic E-state index is 13.6. The molecule has 2 saturated heterocycles. The molecule has 0 N–H and O–H groups in total. The first-order chi connectivity index (χ1) is 14.7. The predicted octanol–water partition coefficient (Wildman–Crippen LogP) is 1.48. The monoisotopic (exact) mass is 457 g/mol. The second-order valence-electron chi connectivity index (χ2n) is 8.45. The Morgan fingerprint density at radius 1 is 1.23 bits per heavy atom. The van der Waals surface area contributed by atoms with E-state index in [9.17, 15) is 17.6 Å². The normalized spacial score (nSPS) is 21.5. The smallest absolute Gasteiger partial charge is 0.339 e. The highest BCUT2D eigenvalue weighted by molar-refractivity contribution is 7.84. The minimum Gasteiger partial charge on any atom is -0.379 e. The van der Waals surface area contributed by atoms with Crippen LogP contribution in [0.4, 0.5) is 4.39 Å². The molecule has 0 unspecified atom stereocenters. The van der Waals surface area contributed by atoms with Crippen molar-refractivity contribution >= 4 is 16.2 Å². The largest absolute Gasteiger partial charge is 0.379 e. The predicted molar refractivity (Wildman–Crippen MR) is 114 cm³/mol. The molecule has 2 heterocycles. The highest BCUT2D eigenvalue weighted by Crippen LogP contribution is 2.21. The highest BCUT2D eigenvalue weighted by Gasteiger charge is 2.32. The molecule has 31 heavy (non-hydrogen) atoms. The van der Waals surface area contributed by atoms with E-state index in [2.05, 4.69) is 18.7 Å². The topological polar surface area (TPSA) is 79.4 Å². The molecule has 8 nitrogen and oxygen atoms in total. The third kappa shape index (κ3) is 6.95. The molecule has 174 valence electrons. The minimum atomic E-state index is -3.95. The van der Waals surface area contributed by atoms with Crippen LogP contribution in [-0.2, 0) is 30.6 Å². The molecule has 2 fully saturated rings. The second kappa shape index (κ2) is 10.8. The number of carbonyl (C=O) groups is 1. The van der Waals surface area contributed by atoms with Crippen molar-refractivity contribution in [2.24, 2.45) is 5.92 Å². The van der Waals surface area contributed by atoms with Crippen LogP contribution >= 0.6 is 0 Å². The Morgan fingerprint density at radius 3 is 2.65 bits per heavy atom. The molecule has 0 aliphatic carbocycles. The van der Waals surface area contributed by atoms with Crippen LogP contribution in [0.3, 0.4) is 0 Å². The van der Waals surface area contributed by atoms with Gasteiger partial charge in [-0.25, -0.2) is 8.57 Å². The van der Waals surface area contributed by atoms with Gasteiger partial charge in [0.2, 0.25) is 5.91 Å². The van der Waals surface area contributed by atoms with Gasteiger partial charge < -0.3 is 9.64 Å². The maximum absolute atomic E-state index is 13.6. The molecule has 0 radical (unpaired) electrons. The maximum Gasteiger partial charge on any atom is 0.339 e. The van der Waals surface area contributed by atoms with E-state index >= 15 is 0 Å². The molecule has 1 aromatic rings. The number of ether oxygens (including phenoxy) is 1. The zero-order valence-electron chi connectivity index (χ0n) is 18.2. The van der Waals surface area contributed by atoms with Crippen LogP contribution in [-0.4, -0.2) is 87.0 Å². The molecule has 1 aromatic carbocycles. The van der Waals surface area contributed by atoms with Crippen molar-refractivity contribution in [2.45, 2.75) is 32.9 Å². The average Bonchev–Trinajstić information content (AvgIpc) is 2.73. The Bertz CT molecular complexity index is 845. The van der Waals surface area contributed by atoms with Crippen molar-refractivity contribution in [3.63, 3.8) is 0 Å². The van der Waals surface area contributed by atoms with Crippen LogP contribution in [0.15, 0.2) is 24.3 Å². The lowest BCUT2D eigenvalue weighted by Crippen LogP contribution is -2.55. The number of rotatable bonds is 8. The molecule has 2 aliphatic rings. The highest BCUT2D eigenvalue weighted by atomic mass is 32.2. The van der Waals surface area contributed by atoms with Gasteiger partial charge in [0.15, 0.2) is 0 Å². The third-order valence-corrected chi connectivity index (χ3v) is 7.01. The van der Waals surface area contributed by atoms with Gasteiger partial charge in [0.1, 0.15) is 12.4 Å². The van der Waals surface area contributed by atoms with Crippen LogP contribution in [0.5, 0.6) is 0 Å². The fraction of sp³-hybridized carbons (Fsp3) is 0.667. The Balaban J connectivity index is 1.58. The van der Waals surface area contributed by atoms with Crippen LogP contribution in [0.2, 0.25) is 0 Å². The van der Waals surface area contributed by atoms with Gasteiger partial charge in [-0.05, 0) is 30.0 Å². The first-order valence-electron chi connectivity index (χ1n) is 10.7. The number of hydrogen-bond donors (Lipinski definition) is 0. The van der Waals surface area contributed by atoms with E-state index in [-0.39, 0.29) is 30.9 Å². The molecule has 0 saturated carbocycles. The lowest BCUT2D eigenvalue weighted by atomic mass is 9.99. The van der Waals surface area contributed by atoms with Gasteiger partial charge in [0, 0.05) is 45.3 Å². The molecule has 2 aliphatic heterocycles. The first kappa shape index (κ1) is 24.1. The number of benzene rings is 1. The number of piperazine rings is 1. The fourth-order valence-electron chi connectivity index (χ4n) is 4.03. The summed E-state index contributed by atoms with van der Waals surface area (Å²) in [5.74, 6) is -0.172. The summed E-state index contributed by atoms with van der Waals surface area (Å²) in [6, 6.07) is 6.67. The number of carbonyl (C=O) groups excluding carboxylic acids is 1. The van der Waals surface area contributed by atoms with Gasteiger partial charge in [-0.15, -0.1) is 0 Å². The SMILES string of the molecule is CC(C)C[C@@H]1CN(C(=O)COS(=O)(=O)N2CCOCC2)CCN1Cc1cccc(F)c1. The van der Waals surface area contributed by atoms with E-state index in [1.54, 1.807) is 11.0 Å². The quantitative estimate of drug-likeness (QED) is 0.588. The van der Waals surface area contributed by atoms with E-state index in [4.69, 9.17) is 8.92 Å². The van der Waals surface area contributed by atoms with E-state index in [1.807, 2.05) is 6.07 Å². The zero-order chi connectivity index (χ0) is 22.4. The van der Waals surface area contributed by atoms with Gasteiger partial charge in [-0.1, -0.05) is 26.0 Å². The summed E-state index contributed by atoms with van der Waals surface area (Å²) in [6.07, 6.45) is 0.881. The molecule has 0 spiro atoms. The Kier molecular flexibility index (Phi) is 8.40. The summed E-state index contributed by atoms with van der Waals surface area (Å²) in [5, 5.41) is 0. The standard InChI is InChI=1S/C21H32FN3O5S/c1-17(2)12-20-15-24(7-6-23(20)14-18-4-3-5-19(22)13-18)21(26)16-30-31(27,28)25-8-10-29-11-9-25/h3-5,13,17,20H,6-12,14-16H2,1-2H3/t20-/m1/s1.